The maximum absolute atomic E-state index is 12.2. The molecular weight excluding hydrogens is 404 g/mol. The molecule has 0 bridgehead atoms. The summed E-state index contributed by atoms with van der Waals surface area (Å²) in [6.07, 6.45) is 1.80. The molecular formula is C20H24N6OS2. The van der Waals surface area contributed by atoms with Crippen molar-refractivity contribution in [2.75, 3.05) is 11.1 Å². The molecule has 29 heavy (non-hydrogen) atoms. The van der Waals surface area contributed by atoms with Gasteiger partial charge in [0.2, 0.25) is 11.0 Å². The van der Waals surface area contributed by atoms with Crippen LogP contribution in [-0.4, -0.2) is 36.6 Å². The predicted molar refractivity (Wildman–Crippen MR) is 118 cm³/mol. The van der Waals surface area contributed by atoms with Crippen LogP contribution in [0.3, 0.4) is 0 Å². The molecule has 0 aliphatic rings. The third-order valence-electron chi connectivity index (χ3n) is 4.14. The topological polar surface area (TPSA) is 85.6 Å². The number of allylic oxidation sites excluding steroid dienone is 1. The lowest BCUT2D eigenvalue weighted by molar-refractivity contribution is -0.113. The number of rotatable bonds is 7. The highest BCUT2D eigenvalue weighted by molar-refractivity contribution is 7.99. The Balaban J connectivity index is 1.74. The van der Waals surface area contributed by atoms with Gasteiger partial charge in [0.1, 0.15) is 5.01 Å². The number of benzene rings is 1. The second kappa shape index (κ2) is 8.87. The summed E-state index contributed by atoms with van der Waals surface area (Å²) in [7, 11) is 0. The maximum Gasteiger partial charge on any atom is 0.236 e. The quantitative estimate of drug-likeness (QED) is 0.446. The molecule has 0 spiro atoms. The van der Waals surface area contributed by atoms with Gasteiger partial charge < -0.3 is 0 Å². The van der Waals surface area contributed by atoms with Crippen molar-refractivity contribution in [2.24, 2.45) is 0 Å². The van der Waals surface area contributed by atoms with Gasteiger partial charge in [-0.25, -0.2) is 0 Å². The largest absolute Gasteiger partial charge is 0.300 e. The van der Waals surface area contributed by atoms with Crippen LogP contribution < -0.4 is 5.32 Å². The van der Waals surface area contributed by atoms with Gasteiger partial charge in [0.05, 0.1) is 5.75 Å². The number of carbonyl (C=O) groups is 1. The molecule has 0 fully saturated rings. The van der Waals surface area contributed by atoms with Gasteiger partial charge in [0.15, 0.2) is 11.0 Å². The minimum atomic E-state index is -0.157. The van der Waals surface area contributed by atoms with Crippen LogP contribution in [-0.2, 0) is 16.8 Å². The number of hydrogen-bond donors (Lipinski definition) is 1. The summed E-state index contributed by atoms with van der Waals surface area (Å²) in [6, 6.07) is 8.35. The summed E-state index contributed by atoms with van der Waals surface area (Å²) in [5.41, 5.74) is 2.33. The first kappa shape index (κ1) is 21.2. The number of thioether (sulfide) groups is 1. The van der Waals surface area contributed by atoms with Gasteiger partial charge in [0.25, 0.3) is 0 Å². The SMILES string of the molecule is C=CCn1c(SCC(=O)Nc2nnc(C)s2)nnc1-c1ccc(C(C)(C)C)cc1. The number of aryl methyl sites for hydroxylation is 1. The Morgan fingerprint density at radius 2 is 1.93 bits per heavy atom. The van der Waals surface area contributed by atoms with Gasteiger partial charge in [-0.15, -0.1) is 27.0 Å². The molecule has 0 radical (unpaired) electrons. The highest BCUT2D eigenvalue weighted by Gasteiger charge is 2.17. The molecule has 7 nitrogen and oxygen atoms in total. The average Bonchev–Trinajstić information content (AvgIpc) is 3.26. The molecule has 2 aromatic heterocycles. The lowest BCUT2D eigenvalue weighted by Gasteiger charge is -2.19. The smallest absolute Gasteiger partial charge is 0.236 e. The number of nitrogens with one attached hydrogen (secondary N) is 1. The zero-order valence-corrected chi connectivity index (χ0v) is 18.6. The van der Waals surface area contributed by atoms with Crippen molar-refractivity contribution in [1.82, 2.24) is 25.0 Å². The molecule has 9 heteroatoms. The van der Waals surface area contributed by atoms with E-state index in [0.29, 0.717) is 16.8 Å². The second-order valence-electron chi connectivity index (χ2n) is 7.50. The minimum Gasteiger partial charge on any atom is -0.300 e. The molecule has 1 N–H and O–H groups in total. The van der Waals surface area contributed by atoms with Crippen LogP contribution >= 0.6 is 23.1 Å². The van der Waals surface area contributed by atoms with E-state index < -0.39 is 0 Å². The lowest BCUT2D eigenvalue weighted by atomic mass is 9.87. The first-order valence-corrected chi connectivity index (χ1v) is 11.0. The van der Waals surface area contributed by atoms with E-state index in [4.69, 9.17) is 0 Å². The van der Waals surface area contributed by atoms with E-state index in [-0.39, 0.29) is 17.1 Å². The highest BCUT2D eigenvalue weighted by Crippen LogP contribution is 2.28. The molecule has 3 rings (SSSR count). The molecule has 1 amide bonds. The van der Waals surface area contributed by atoms with Gasteiger partial charge >= 0.3 is 0 Å². The minimum absolute atomic E-state index is 0.0904. The van der Waals surface area contributed by atoms with Crippen LogP contribution in [0.25, 0.3) is 11.4 Å². The third kappa shape index (κ3) is 5.30. The van der Waals surface area contributed by atoms with Crippen LogP contribution in [0.1, 0.15) is 31.3 Å². The van der Waals surface area contributed by atoms with Crippen LogP contribution in [0.2, 0.25) is 0 Å². The number of hydrogen-bond acceptors (Lipinski definition) is 7. The highest BCUT2D eigenvalue weighted by atomic mass is 32.2. The monoisotopic (exact) mass is 428 g/mol. The predicted octanol–water partition coefficient (Wildman–Crippen LogP) is 4.32. The van der Waals surface area contributed by atoms with E-state index in [9.17, 15) is 4.79 Å². The third-order valence-corrected chi connectivity index (χ3v) is 5.86. The molecule has 0 unspecified atom stereocenters. The summed E-state index contributed by atoms with van der Waals surface area (Å²) in [5.74, 6) is 0.806. The van der Waals surface area contributed by atoms with Crippen molar-refractivity contribution >= 4 is 34.1 Å². The summed E-state index contributed by atoms with van der Waals surface area (Å²) in [4.78, 5) is 12.2. The Morgan fingerprint density at radius 1 is 1.21 bits per heavy atom. The molecule has 0 saturated heterocycles. The molecule has 1 aromatic carbocycles. The Kier molecular flexibility index (Phi) is 6.49. The van der Waals surface area contributed by atoms with E-state index in [1.807, 2.05) is 11.5 Å². The van der Waals surface area contributed by atoms with E-state index in [0.717, 1.165) is 16.4 Å². The zero-order chi connectivity index (χ0) is 21.0. The molecule has 152 valence electrons. The normalized spacial score (nSPS) is 11.4. The Bertz CT molecular complexity index is 1000. The van der Waals surface area contributed by atoms with Crippen molar-refractivity contribution in [3.63, 3.8) is 0 Å². The second-order valence-corrected chi connectivity index (χ2v) is 9.62. The fourth-order valence-electron chi connectivity index (χ4n) is 2.65. The Labute approximate surface area is 178 Å². The standard InChI is InChI=1S/C20H24N6OS2/c1-6-11-26-17(14-7-9-15(10-8-14)20(3,4)5)23-25-19(26)28-12-16(27)21-18-24-22-13(2)29-18/h6-10H,1,11-12H2,2-5H3,(H,21,24,27). The average molecular weight is 429 g/mol. The van der Waals surface area contributed by atoms with Crippen molar-refractivity contribution in [1.29, 1.82) is 0 Å². The number of anilines is 1. The van der Waals surface area contributed by atoms with E-state index in [1.165, 1.54) is 28.7 Å². The van der Waals surface area contributed by atoms with Gasteiger partial charge in [-0.1, -0.05) is 74.2 Å². The summed E-state index contributed by atoms with van der Waals surface area (Å²) in [6.45, 7) is 12.8. The Morgan fingerprint density at radius 3 is 2.52 bits per heavy atom. The van der Waals surface area contributed by atoms with E-state index in [1.54, 1.807) is 6.08 Å². The van der Waals surface area contributed by atoms with Gasteiger partial charge in [0, 0.05) is 12.1 Å². The van der Waals surface area contributed by atoms with Crippen molar-refractivity contribution in [2.45, 2.75) is 44.8 Å². The number of amides is 1. The summed E-state index contributed by atoms with van der Waals surface area (Å²) < 4.78 is 1.96. The molecule has 0 aliphatic heterocycles. The lowest BCUT2D eigenvalue weighted by Crippen LogP contribution is -2.14. The van der Waals surface area contributed by atoms with Crippen molar-refractivity contribution < 1.29 is 4.79 Å². The van der Waals surface area contributed by atoms with E-state index in [2.05, 4.69) is 77.3 Å². The van der Waals surface area contributed by atoms with E-state index >= 15 is 0 Å². The van der Waals surface area contributed by atoms with Crippen LogP contribution in [0.5, 0.6) is 0 Å². The van der Waals surface area contributed by atoms with Gasteiger partial charge in [-0.05, 0) is 17.9 Å². The maximum atomic E-state index is 12.2. The van der Waals surface area contributed by atoms with Crippen LogP contribution in [0.15, 0.2) is 42.1 Å². The first-order chi connectivity index (χ1) is 13.8. The van der Waals surface area contributed by atoms with Crippen LogP contribution in [0.4, 0.5) is 5.13 Å². The summed E-state index contributed by atoms with van der Waals surface area (Å²) in [5, 5.41) is 21.2. The van der Waals surface area contributed by atoms with Gasteiger partial charge in [-0.2, -0.15) is 0 Å². The molecule has 0 saturated carbocycles. The number of aromatic nitrogens is 5. The molecule has 2 heterocycles. The fraction of sp³-hybridized carbons (Fsp3) is 0.350. The van der Waals surface area contributed by atoms with Crippen LogP contribution in [0, 0.1) is 6.92 Å². The Hall–Kier alpha value is -2.52. The van der Waals surface area contributed by atoms with Crippen molar-refractivity contribution in [3.05, 3.63) is 47.5 Å². The molecule has 3 aromatic rings. The number of nitrogens with zero attached hydrogens (tertiary/aromatic N) is 5. The first-order valence-electron chi connectivity index (χ1n) is 9.15. The molecule has 0 atom stereocenters. The fourth-order valence-corrected chi connectivity index (χ4v) is 4.01. The number of carbonyl (C=O) groups excluding carboxylic acids is 1. The van der Waals surface area contributed by atoms with Crippen molar-refractivity contribution in [3.8, 4) is 11.4 Å². The zero-order valence-electron chi connectivity index (χ0n) is 17.0. The summed E-state index contributed by atoms with van der Waals surface area (Å²) >= 11 is 2.67. The molecule has 0 aliphatic carbocycles. The van der Waals surface area contributed by atoms with Gasteiger partial charge in [-0.3, -0.25) is 14.7 Å².